The van der Waals surface area contributed by atoms with Crippen LogP contribution in [0.4, 0.5) is 0 Å². The minimum absolute atomic E-state index is 0.808. The van der Waals surface area contributed by atoms with E-state index in [1.807, 2.05) is 11.3 Å². The van der Waals surface area contributed by atoms with Crippen LogP contribution in [-0.2, 0) is 17.8 Å². The topological polar surface area (TPSA) is 24.5 Å². The van der Waals surface area contributed by atoms with Gasteiger partial charge in [-0.05, 0) is 45.0 Å². The molecule has 0 fully saturated rings. The SMILES string of the molecule is CCCNCc1cc(CN(CC)CCOCC)c(C)s1. The molecule has 0 unspecified atom stereocenters. The Morgan fingerprint density at radius 2 is 2.10 bits per heavy atom. The van der Waals surface area contributed by atoms with Gasteiger partial charge in [0, 0.05) is 36.0 Å². The Labute approximate surface area is 128 Å². The molecule has 0 aliphatic heterocycles. The van der Waals surface area contributed by atoms with E-state index >= 15 is 0 Å². The summed E-state index contributed by atoms with van der Waals surface area (Å²) in [5.74, 6) is 0. The highest BCUT2D eigenvalue weighted by Crippen LogP contribution is 2.22. The van der Waals surface area contributed by atoms with Gasteiger partial charge in [-0.3, -0.25) is 4.90 Å². The van der Waals surface area contributed by atoms with Gasteiger partial charge in [-0.15, -0.1) is 11.3 Å². The average molecular weight is 298 g/mol. The van der Waals surface area contributed by atoms with Crippen LogP contribution in [0.1, 0.15) is 42.5 Å². The first-order valence-corrected chi connectivity index (χ1v) is 8.61. The minimum Gasteiger partial charge on any atom is -0.380 e. The summed E-state index contributed by atoms with van der Waals surface area (Å²) in [6.07, 6.45) is 1.19. The van der Waals surface area contributed by atoms with Crippen molar-refractivity contribution in [2.45, 2.75) is 47.2 Å². The van der Waals surface area contributed by atoms with Gasteiger partial charge in [0.2, 0.25) is 0 Å². The van der Waals surface area contributed by atoms with Crippen molar-refractivity contribution in [3.8, 4) is 0 Å². The predicted octanol–water partition coefficient (Wildman–Crippen LogP) is 3.41. The second-order valence-electron chi connectivity index (χ2n) is 5.04. The van der Waals surface area contributed by atoms with Crippen molar-refractivity contribution in [2.75, 3.05) is 32.8 Å². The summed E-state index contributed by atoms with van der Waals surface area (Å²) in [6, 6.07) is 2.37. The van der Waals surface area contributed by atoms with Crippen LogP contribution in [0.15, 0.2) is 6.07 Å². The standard InChI is InChI=1S/C16H30N2OS/c1-5-8-17-12-16-11-15(14(4)20-16)13-18(6-2)9-10-19-7-3/h11,17H,5-10,12-13H2,1-4H3. The van der Waals surface area contributed by atoms with Crippen LogP contribution in [-0.4, -0.2) is 37.7 Å². The lowest BCUT2D eigenvalue weighted by Gasteiger charge is -2.20. The summed E-state index contributed by atoms with van der Waals surface area (Å²) in [5.41, 5.74) is 1.47. The third kappa shape index (κ3) is 6.35. The number of hydrogen-bond donors (Lipinski definition) is 1. The second-order valence-corrected chi connectivity index (χ2v) is 6.38. The average Bonchev–Trinajstić information content (AvgIpc) is 2.78. The number of thiophene rings is 1. The van der Waals surface area contributed by atoms with Crippen LogP contribution >= 0.6 is 11.3 Å². The first-order chi connectivity index (χ1) is 9.71. The van der Waals surface area contributed by atoms with E-state index in [4.69, 9.17) is 4.74 Å². The smallest absolute Gasteiger partial charge is 0.0593 e. The van der Waals surface area contributed by atoms with Crippen molar-refractivity contribution in [1.82, 2.24) is 10.2 Å². The molecular formula is C16H30N2OS. The summed E-state index contributed by atoms with van der Waals surface area (Å²) in [5, 5.41) is 3.48. The van der Waals surface area contributed by atoms with Crippen LogP contribution in [0.3, 0.4) is 0 Å². The van der Waals surface area contributed by atoms with Crippen LogP contribution in [0, 0.1) is 6.92 Å². The molecule has 0 amide bonds. The first kappa shape index (κ1) is 17.6. The number of nitrogens with zero attached hydrogens (tertiary/aromatic N) is 1. The zero-order chi connectivity index (χ0) is 14.8. The molecule has 0 aliphatic carbocycles. The quantitative estimate of drug-likeness (QED) is 0.634. The molecule has 0 saturated heterocycles. The van der Waals surface area contributed by atoms with Crippen molar-refractivity contribution in [3.05, 3.63) is 21.4 Å². The molecule has 1 heterocycles. The third-order valence-corrected chi connectivity index (χ3v) is 4.49. The van der Waals surface area contributed by atoms with Crippen molar-refractivity contribution >= 4 is 11.3 Å². The lowest BCUT2D eigenvalue weighted by molar-refractivity contribution is 0.113. The molecule has 0 atom stereocenters. The Kier molecular flexibility index (Phi) is 9.10. The summed E-state index contributed by atoms with van der Waals surface area (Å²) < 4.78 is 5.46. The van der Waals surface area contributed by atoms with E-state index in [2.05, 4.69) is 44.0 Å². The molecule has 0 bridgehead atoms. The van der Waals surface area contributed by atoms with E-state index in [0.29, 0.717) is 0 Å². The number of likely N-dealkylation sites (N-methyl/N-ethyl adjacent to an activating group) is 1. The second kappa shape index (κ2) is 10.3. The van der Waals surface area contributed by atoms with Gasteiger partial charge < -0.3 is 10.1 Å². The molecule has 0 saturated carbocycles. The number of aryl methyl sites for hydroxylation is 1. The molecule has 0 radical (unpaired) electrons. The minimum atomic E-state index is 0.808. The molecule has 0 aromatic carbocycles. The van der Waals surface area contributed by atoms with E-state index in [-0.39, 0.29) is 0 Å². The van der Waals surface area contributed by atoms with Crippen LogP contribution in [0.5, 0.6) is 0 Å². The van der Waals surface area contributed by atoms with Gasteiger partial charge >= 0.3 is 0 Å². The Morgan fingerprint density at radius 1 is 1.30 bits per heavy atom. The summed E-state index contributed by atoms with van der Waals surface area (Å²) in [4.78, 5) is 5.36. The van der Waals surface area contributed by atoms with Gasteiger partial charge in [-0.1, -0.05) is 13.8 Å². The monoisotopic (exact) mass is 298 g/mol. The van der Waals surface area contributed by atoms with Gasteiger partial charge in [0.05, 0.1) is 6.61 Å². The van der Waals surface area contributed by atoms with Crippen LogP contribution in [0.2, 0.25) is 0 Å². The van der Waals surface area contributed by atoms with E-state index in [1.165, 1.54) is 21.7 Å². The lowest BCUT2D eigenvalue weighted by Crippen LogP contribution is -2.27. The van der Waals surface area contributed by atoms with Gasteiger partial charge in [0.25, 0.3) is 0 Å². The van der Waals surface area contributed by atoms with Crippen molar-refractivity contribution in [3.63, 3.8) is 0 Å². The maximum Gasteiger partial charge on any atom is 0.0593 e. The molecule has 1 rings (SSSR count). The molecular weight excluding hydrogens is 268 g/mol. The molecule has 20 heavy (non-hydrogen) atoms. The van der Waals surface area contributed by atoms with Crippen LogP contribution < -0.4 is 5.32 Å². The van der Waals surface area contributed by atoms with E-state index in [0.717, 1.165) is 45.9 Å². The van der Waals surface area contributed by atoms with Crippen LogP contribution in [0.25, 0.3) is 0 Å². The molecule has 1 aromatic rings. The highest BCUT2D eigenvalue weighted by atomic mass is 32.1. The number of nitrogens with one attached hydrogen (secondary N) is 1. The van der Waals surface area contributed by atoms with E-state index < -0.39 is 0 Å². The molecule has 0 aliphatic rings. The fourth-order valence-electron chi connectivity index (χ4n) is 2.15. The highest BCUT2D eigenvalue weighted by Gasteiger charge is 2.09. The Balaban J connectivity index is 2.48. The zero-order valence-corrected chi connectivity index (χ0v) is 14.3. The van der Waals surface area contributed by atoms with Crippen molar-refractivity contribution < 1.29 is 4.74 Å². The number of ether oxygens (including phenoxy) is 1. The molecule has 4 heteroatoms. The predicted molar refractivity (Wildman–Crippen MR) is 88.5 cm³/mol. The molecule has 116 valence electrons. The van der Waals surface area contributed by atoms with E-state index in [9.17, 15) is 0 Å². The fourth-order valence-corrected chi connectivity index (χ4v) is 3.17. The maximum atomic E-state index is 5.46. The first-order valence-electron chi connectivity index (χ1n) is 7.80. The number of rotatable bonds is 11. The van der Waals surface area contributed by atoms with Gasteiger partial charge in [0.15, 0.2) is 0 Å². The summed E-state index contributed by atoms with van der Waals surface area (Å²) in [7, 11) is 0. The van der Waals surface area contributed by atoms with Crippen molar-refractivity contribution in [2.24, 2.45) is 0 Å². The fraction of sp³-hybridized carbons (Fsp3) is 0.750. The third-order valence-electron chi connectivity index (χ3n) is 3.39. The Bertz CT molecular complexity index is 365. The number of hydrogen-bond acceptors (Lipinski definition) is 4. The van der Waals surface area contributed by atoms with E-state index in [1.54, 1.807) is 0 Å². The maximum absolute atomic E-state index is 5.46. The highest BCUT2D eigenvalue weighted by molar-refractivity contribution is 7.12. The van der Waals surface area contributed by atoms with Crippen molar-refractivity contribution in [1.29, 1.82) is 0 Å². The van der Waals surface area contributed by atoms with Gasteiger partial charge in [-0.25, -0.2) is 0 Å². The molecule has 1 N–H and O–H groups in total. The molecule has 3 nitrogen and oxygen atoms in total. The van der Waals surface area contributed by atoms with Gasteiger partial charge in [-0.2, -0.15) is 0 Å². The summed E-state index contributed by atoms with van der Waals surface area (Å²) in [6.45, 7) is 15.6. The largest absolute Gasteiger partial charge is 0.380 e. The lowest BCUT2D eigenvalue weighted by atomic mass is 10.2. The molecule has 1 aromatic heterocycles. The zero-order valence-electron chi connectivity index (χ0n) is 13.5. The Morgan fingerprint density at radius 3 is 2.75 bits per heavy atom. The van der Waals surface area contributed by atoms with Gasteiger partial charge in [0.1, 0.15) is 0 Å². The summed E-state index contributed by atoms with van der Waals surface area (Å²) >= 11 is 1.93. The molecule has 0 spiro atoms. The Hall–Kier alpha value is -0.420. The normalized spacial score (nSPS) is 11.4.